The van der Waals surface area contributed by atoms with E-state index in [1.165, 1.54) is 18.7 Å². The van der Waals surface area contributed by atoms with Crippen LogP contribution in [0.3, 0.4) is 0 Å². The maximum absolute atomic E-state index is 11.8. The summed E-state index contributed by atoms with van der Waals surface area (Å²) in [6.45, 7) is 3.87. The van der Waals surface area contributed by atoms with Crippen molar-refractivity contribution < 1.29 is 9.59 Å². The lowest BCUT2D eigenvalue weighted by molar-refractivity contribution is -0.117. The summed E-state index contributed by atoms with van der Waals surface area (Å²) >= 11 is 1.23. The maximum Gasteiger partial charge on any atom is 0.228 e. The Bertz CT molecular complexity index is 447. The molecule has 90 valence electrons. The topological polar surface area (TPSA) is 63.2 Å². The van der Waals surface area contributed by atoms with Crippen LogP contribution in [-0.4, -0.2) is 32.8 Å². The first-order valence-electron chi connectivity index (χ1n) is 5.32. The molecule has 0 aliphatic carbocycles. The van der Waals surface area contributed by atoms with Crippen LogP contribution in [0, 0.1) is 6.92 Å². The Morgan fingerprint density at radius 1 is 1.47 bits per heavy atom. The smallest absolute Gasteiger partial charge is 0.228 e. The van der Waals surface area contributed by atoms with Crippen LogP contribution in [0.4, 0.5) is 5.69 Å². The minimum absolute atomic E-state index is 0.0243. The van der Waals surface area contributed by atoms with Gasteiger partial charge in [0.1, 0.15) is 5.82 Å². The quantitative estimate of drug-likeness (QED) is 0.789. The predicted molar refractivity (Wildman–Crippen MR) is 65.8 cm³/mol. The van der Waals surface area contributed by atoms with E-state index in [1.807, 2.05) is 0 Å². The first-order valence-corrected chi connectivity index (χ1v) is 6.20. The molecule has 0 bridgehead atoms. The molecule has 0 aromatic carbocycles. The number of nitrogens with zero attached hydrogens (tertiary/aromatic N) is 3. The van der Waals surface area contributed by atoms with Crippen molar-refractivity contribution in [2.24, 2.45) is 0 Å². The van der Waals surface area contributed by atoms with Crippen molar-refractivity contribution in [2.45, 2.75) is 25.5 Å². The standard InChI is InChI=1S/C11H13N3O2S/c1-7-12-4-9(5-13-7)14-6-10(3-11(14)16)17-8(2)15/h4-5,10H,3,6H2,1-2H3. The van der Waals surface area contributed by atoms with Gasteiger partial charge in [-0.3, -0.25) is 9.59 Å². The maximum atomic E-state index is 11.8. The average molecular weight is 251 g/mol. The van der Waals surface area contributed by atoms with E-state index in [0.717, 1.165) is 0 Å². The van der Waals surface area contributed by atoms with Crippen molar-refractivity contribution in [2.75, 3.05) is 11.4 Å². The van der Waals surface area contributed by atoms with E-state index in [2.05, 4.69) is 9.97 Å². The van der Waals surface area contributed by atoms with Gasteiger partial charge in [0, 0.05) is 25.1 Å². The van der Waals surface area contributed by atoms with Crippen LogP contribution in [0.25, 0.3) is 0 Å². The SMILES string of the molecule is CC(=O)SC1CC(=O)N(c2cnc(C)nc2)C1. The van der Waals surface area contributed by atoms with E-state index >= 15 is 0 Å². The second-order valence-electron chi connectivity index (χ2n) is 3.93. The number of anilines is 1. The molecule has 1 aliphatic heterocycles. The van der Waals surface area contributed by atoms with E-state index < -0.39 is 0 Å². The van der Waals surface area contributed by atoms with Gasteiger partial charge in [-0.25, -0.2) is 9.97 Å². The third kappa shape index (κ3) is 2.82. The molecular weight excluding hydrogens is 238 g/mol. The third-order valence-electron chi connectivity index (χ3n) is 2.50. The number of thioether (sulfide) groups is 1. The summed E-state index contributed by atoms with van der Waals surface area (Å²) < 4.78 is 0. The number of hydrogen-bond acceptors (Lipinski definition) is 5. The van der Waals surface area contributed by atoms with Gasteiger partial charge < -0.3 is 4.90 Å². The summed E-state index contributed by atoms with van der Waals surface area (Å²) in [5.74, 6) is 0.700. The van der Waals surface area contributed by atoms with E-state index in [9.17, 15) is 9.59 Å². The summed E-state index contributed by atoms with van der Waals surface area (Å²) in [6, 6.07) is 0. The summed E-state index contributed by atoms with van der Waals surface area (Å²) in [6.07, 6.45) is 3.68. The molecule has 2 rings (SSSR count). The molecule has 6 heteroatoms. The molecular formula is C11H13N3O2S. The van der Waals surface area contributed by atoms with Gasteiger partial charge in [-0.05, 0) is 6.92 Å². The monoisotopic (exact) mass is 251 g/mol. The molecule has 1 saturated heterocycles. The van der Waals surface area contributed by atoms with Crippen molar-refractivity contribution in [3.8, 4) is 0 Å². The zero-order chi connectivity index (χ0) is 12.4. The van der Waals surface area contributed by atoms with Gasteiger partial charge in [0.25, 0.3) is 0 Å². The molecule has 0 saturated carbocycles. The van der Waals surface area contributed by atoms with Gasteiger partial charge >= 0.3 is 0 Å². The summed E-state index contributed by atoms with van der Waals surface area (Å²) in [7, 11) is 0. The lowest BCUT2D eigenvalue weighted by Crippen LogP contribution is -2.25. The zero-order valence-corrected chi connectivity index (χ0v) is 10.5. The van der Waals surface area contributed by atoms with Gasteiger partial charge in [-0.15, -0.1) is 0 Å². The number of aryl methyl sites for hydroxylation is 1. The van der Waals surface area contributed by atoms with Crippen molar-refractivity contribution in [1.82, 2.24) is 9.97 Å². The van der Waals surface area contributed by atoms with Gasteiger partial charge in [0.2, 0.25) is 5.91 Å². The Balaban J connectivity index is 2.10. The highest BCUT2D eigenvalue weighted by molar-refractivity contribution is 8.14. The van der Waals surface area contributed by atoms with Crippen LogP contribution in [-0.2, 0) is 9.59 Å². The van der Waals surface area contributed by atoms with E-state index in [0.29, 0.717) is 24.5 Å². The number of aromatic nitrogens is 2. The Morgan fingerprint density at radius 2 is 2.12 bits per heavy atom. The Morgan fingerprint density at radius 3 is 2.71 bits per heavy atom. The molecule has 0 radical (unpaired) electrons. The molecule has 1 aliphatic rings. The third-order valence-corrected chi connectivity index (χ3v) is 3.48. The van der Waals surface area contributed by atoms with E-state index in [4.69, 9.17) is 0 Å². The van der Waals surface area contributed by atoms with Crippen molar-refractivity contribution in [3.05, 3.63) is 18.2 Å². The fourth-order valence-corrected chi connectivity index (χ4v) is 2.68. The average Bonchev–Trinajstić information content (AvgIpc) is 2.59. The highest BCUT2D eigenvalue weighted by Gasteiger charge is 2.32. The van der Waals surface area contributed by atoms with Gasteiger partial charge in [-0.1, -0.05) is 11.8 Å². The van der Waals surface area contributed by atoms with Crippen LogP contribution in [0.5, 0.6) is 0 Å². The molecule has 1 aromatic heterocycles. The predicted octanol–water partition coefficient (Wildman–Crippen LogP) is 1.17. The van der Waals surface area contributed by atoms with Gasteiger partial charge in [-0.2, -0.15) is 0 Å². The first-order chi connectivity index (χ1) is 8.06. The lowest BCUT2D eigenvalue weighted by Gasteiger charge is -2.15. The minimum atomic E-state index is 0.0243. The van der Waals surface area contributed by atoms with Crippen LogP contribution >= 0.6 is 11.8 Å². The van der Waals surface area contributed by atoms with E-state index in [-0.39, 0.29) is 16.3 Å². The number of rotatable bonds is 2. The molecule has 1 aromatic rings. The van der Waals surface area contributed by atoms with Crippen molar-refractivity contribution in [1.29, 1.82) is 0 Å². The second kappa shape index (κ2) is 4.83. The van der Waals surface area contributed by atoms with Gasteiger partial charge in [0.05, 0.1) is 18.1 Å². The number of amides is 1. The molecule has 1 amide bonds. The zero-order valence-electron chi connectivity index (χ0n) is 9.71. The van der Waals surface area contributed by atoms with E-state index in [1.54, 1.807) is 24.2 Å². The Hall–Kier alpha value is -1.43. The molecule has 1 unspecified atom stereocenters. The highest BCUT2D eigenvalue weighted by Crippen LogP contribution is 2.27. The molecule has 1 fully saturated rings. The molecule has 17 heavy (non-hydrogen) atoms. The molecule has 5 nitrogen and oxygen atoms in total. The summed E-state index contributed by atoms with van der Waals surface area (Å²) in [4.78, 5) is 32.6. The minimum Gasteiger partial charge on any atom is -0.308 e. The van der Waals surface area contributed by atoms with Gasteiger partial charge in [0.15, 0.2) is 5.12 Å². The number of carbonyl (C=O) groups is 2. The number of carbonyl (C=O) groups excluding carboxylic acids is 2. The molecule has 2 heterocycles. The van der Waals surface area contributed by atoms with Crippen LogP contribution in [0.2, 0.25) is 0 Å². The Kier molecular flexibility index (Phi) is 3.42. The largest absolute Gasteiger partial charge is 0.308 e. The van der Waals surface area contributed by atoms with Crippen LogP contribution in [0.15, 0.2) is 12.4 Å². The first kappa shape index (κ1) is 12.0. The highest BCUT2D eigenvalue weighted by atomic mass is 32.2. The lowest BCUT2D eigenvalue weighted by atomic mass is 10.4. The molecule has 0 N–H and O–H groups in total. The Labute approximate surface area is 104 Å². The normalized spacial score (nSPS) is 19.8. The van der Waals surface area contributed by atoms with Crippen molar-refractivity contribution >= 4 is 28.5 Å². The molecule has 1 atom stereocenters. The van der Waals surface area contributed by atoms with Crippen molar-refractivity contribution in [3.63, 3.8) is 0 Å². The summed E-state index contributed by atoms with van der Waals surface area (Å²) in [5.41, 5.74) is 0.701. The fraction of sp³-hybridized carbons (Fsp3) is 0.455. The second-order valence-corrected chi connectivity index (χ2v) is 5.41. The van der Waals surface area contributed by atoms with Crippen LogP contribution < -0.4 is 4.90 Å². The van der Waals surface area contributed by atoms with Crippen LogP contribution in [0.1, 0.15) is 19.2 Å². The fourth-order valence-electron chi connectivity index (χ4n) is 1.76. The summed E-state index contributed by atoms with van der Waals surface area (Å²) in [5, 5.41) is 0.0890. The molecule has 0 spiro atoms. The number of hydrogen-bond donors (Lipinski definition) is 0.